The largest absolute Gasteiger partial charge is 0.351 e. The molecule has 1 aromatic carbocycles. The maximum Gasteiger partial charge on any atom is 0.351 e. The number of likely N-dealkylation sites (tertiary alicyclic amines) is 1. The highest BCUT2D eigenvalue weighted by Gasteiger charge is 2.22. The van der Waals surface area contributed by atoms with E-state index in [9.17, 15) is 18.8 Å². The van der Waals surface area contributed by atoms with Crippen LogP contribution >= 0.6 is 0 Å². The number of nitrogens with one attached hydrogen (secondary N) is 1. The molecule has 1 aliphatic rings. The highest BCUT2D eigenvalue weighted by molar-refractivity contribution is 5.89. The maximum absolute atomic E-state index is 13.2. The van der Waals surface area contributed by atoms with Crippen molar-refractivity contribution in [2.75, 3.05) is 26.2 Å². The summed E-state index contributed by atoms with van der Waals surface area (Å²) in [5.74, 6) is -1.60. The van der Waals surface area contributed by atoms with Gasteiger partial charge in [0.05, 0.1) is 5.69 Å². The zero-order valence-electron chi connectivity index (χ0n) is 18.2. The number of hydrogen-bond acceptors (Lipinski definition) is 8. The first kappa shape index (κ1) is 22.5. The molecule has 174 valence electrons. The zero-order valence-corrected chi connectivity index (χ0v) is 18.2. The third-order valence-electron chi connectivity index (χ3n) is 5.49. The second-order valence-corrected chi connectivity index (χ2v) is 7.82. The van der Waals surface area contributed by atoms with Crippen LogP contribution in [0.5, 0.6) is 0 Å². The standard InChI is InChI=1S/C21H24FN7O4/c1-27-20(31)16(25-29(21(27)32)15-8-6-14(22)7-9-15)17-24-19(33-26-17)18(30)23-10-13-28-11-4-2-3-5-12-28/h6-9H,2-5,10-13H2,1H3,(H,23,30). The molecule has 0 bridgehead atoms. The summed E-state index contributed by atoms with van der Waals surface area (Å²) >= 11 is 0. The van der Waals surface area contributed by atoms with E-state index in [4.69, 9.17) is 4.52 Å². The first-order valence-corrected chi connectivity index (χ1v) is 10.7. The van der Waals surface area contributed by atoms with E-state index in [-0.39, 0.29) is 23.1 Å². The summed E-state index contributed by atoms with van der Waals surface area (Å²) in [6, 6.07) is 5.02. The summed E-state index contributed by atoms with van der Waals surface area (Å²) in [6.45, 7) is 3.17. The maximum atomic E-state index is 13.2. The monoisotopic (exact) mass is 457 g/mol. The molecule has 2 aromatic heterocycles. The molecule has 1 saturated heterocycles. The van der Waals surface area contributed by atoms with Crippen molar-refractivity contribution in [1.29, 1.82) is 0 Å². The van der Waals surface area contributed by atoms with Crippen LogP contribution < -0.4 is 16.6 Å². The molecule has 4 rings (SSSR count). The number of carbonyl (C=O) groups is 1. The number of hydrogen-bond donors (Lipinski definition) is 1. The van der Waals surface area contributed by atoms with Gasteiger partial charge in [-0.2, -0.15) is 14.8 Å². The fourth-order valence-electron chi connectivity index (χ4n) is 3.64. The van der Waals surface area contributed by atoms with Crippen LogP contribution in [0.1, 0.15) is 36.4 Å². The highest BCUT2D eigenvalue weighted by atomic mass is 19.1. The summed E-state index contributed by atoms with van der Waals surface area (Å²) in [5, 5.41) is 10.5. The lowest BCUT2D eigenvalue weighted by Crippen LogP contribution is -2.40. The number of nitrogens with zero attached hydrogens (tertiary/aromatic N) is 6. The third-order valence-corrected chi connectivity index (χ3v) is 5.49. The molecule has 1 fully saturated rings. The topological polar surface area (TPSA) is 128 Å². The van der Waals surface area contributed by atoms with E-state index in [0.717, 1.165) is 53.9 Å². The van der Waals surface area contributed by atoms with Gasteiger partial charge in [0.15, 0.2) is 5.69 Å². The molecule has 3 aromatic rings. The summed E-state index contributed by atoms with van der Waals surface area (Å²) in [7, 11) is 1.27. The Morgan fingerprint density at radius 1 is 1.12 bits per heavy atom. The van der Waals surface area contributed by atoms with Gasteiger partial charge in [0.2, 0.25) is 5.82 Å². The van der Waals surface area contributed by atoms with E-state index in [1.165, 1.54) is 32.0 Å². The lowest BCUT2D eigenvalue weighted by Gasteiger charge is -2.19. The van der Waals surface area contributed by atoms with Crippen LogP contribution in [0.4, 0.5) is 4.39 Å². The van der Waals surface area contributed by atoms with Crippen molar-refractivity contribution in [1.82, 2.24) is 34.7 Å². The Labute approximate surface area is 187 Å². The van der Waals surface area contributed by atoms with Crippen LogP contribution in [0, 0.1) is 5.82 Å². The molecule has 12 heteroatoms. The van der Waals surface area contributed by atoms with E-state index in [0.29, 0.717) is 6.54 Å². The minimum Gasteiger partial charge on any atom is -0.347 e. The van der Waals surface area contributed by atoms with E-state index in [1.54, 1.807) is 0 Å². The Kier molecular flexibility index (Phi) is 6.73. The second kappa shape index (κ2) is 9.86. The normalized spacial score (nSPS) is 14.7. The Balaban J connectivity index is 1.51. The minimum absolute atomic E-state index is 0.232. The molecule has 0 atom stereocenters. The second-order valence-electron chi connectivity index (χ2n) is 7.82. The smallest absolute Gasteiger partial charge is 0.347 e. The van der Waals surface area contributed by atoms with Crippen LogP contribution in [-0.4, -0.2) is 61.5 Å². The predicted molar refractivity (Wildman–Crippen MR) is 116 cm³/mol. The molecule has 1 aliphatic heterocycles. The lowest BCUT2D eigenvalue weighted by molar-refractivity contribution is 0.0904. The van der Waals surface area contributed by atoms with Gasteiger partial charge in [0.25, 0.3) is 5.56 Å². The zero-order chi connectivity index (χ0) is 23.4. The van der Waals surface area contributed by atoms with E-state index < -0.39 is 23.0 Å². The average molecular weight is 457 g/mol. The Morgan fingerprint density at radius 3 is 2.52 bits per heavy atom. The van der Waals surface area contributed by atoms with Crippen molar-refractivity contribution in [2.24, 2.45) is 7.05 Å². The van der Waals surface area contributed by atoms with Gasteiger partial charge in [-0.3, -0.25) is 14.2 Å². The summed E-state index contributed by atoms with van der Waals surface area (Å²) in [6.07, 6.45) is 4.77. The van der Waals surface area contributed by atoms with Gasteiger partial charge >= 0.3 is 17.5 Å². The number of carbonyl (C=O) groups excluding carboxylic acids is 1. The molecule has 1 amide bonds. The number of halogens is 1. The quantitative estimate of drug-likeness (QED) is 0.574. The fourth-order valence-corrected chi connectivity index (χ4v) is 3.64. The first-order valence-electron chi connectivity index (χ1n) is 10.7. The van der Waals surface area contributed by atoms with Gasteiger partial charge < -0.3 is 14.7 Å². The van der Waals surface area contributed by atoms with Crippen LogP contribution in [0.25, 0.3) is 17.2 Å². The van der Waals surface area contributed by atoms with Crippen LogP contribution in [-0.2, 0) is 7.05 Å². The number of aromatic nitrogens is 5. The number of rotatable bonds is 6. The molecule has 0 spiro atoms. The van der Waals surface area contributed by atoms with Gasteiger partial charge in [-0.25, -0.2) is 9.18 Å². The van der Waals surface area contributed by atoms with E-state index in [1.807, 2.05) is 0 Å². The van der Waals surface area contributed by atoms with Gasteiger partial charge in [-0.1, -0.05) is 18.0 Å². The Hall–Kier alpha value is -3.67. The molecular formula is C21H24FN7O4. The fraction of sp³-hybridized carbons (Fsp3) is 0.429. The van der Waals surface area contributed by atoms with Crippen molar-refractivity contribution in [3.8, 4) is 17.2 Å². The molecule has 11 nitrogen and oxygen atoms in total. The van der Waals surface area contributed by atoms with Crippen molar-refractivity contribution < 1.29 is 13.7 Å². The van der Waals surface area contributed by atoms with E-state index >= 15 is 0 Å². The van der Waals surface area contributed by atoms with Crippen molar-refractivity contribution in [2.45, 2.75) is 25.7 Å². The molecule has 1 N–H and O–H groups in total. The SMILES string of the molecule is Cn1c(=O)c(-c2noc(C(=O)NCCN3CCCCCC3)n2)nn(-c2ccc(F)cc2)c1=O. The highest BCUT2D eigenvalue weighted by Crippen LogP contribution is 2.11. The predicted octanol–water partition coefficient (Wildman–Crippen LogP) is 0.726. The third kappa shape index (κ3) is 5.06. The van der Waals surface area contributed by atoms with Gasteiger partial charge in [0.1, 0.15) is 5.82 Å². The Morgan fingerprint density at radius 2 is 1.82 bits per heavy atom. The van der Waals surface area contributed by atoms with Crippen LogP contribution in [0.2, 0.25) is 0 Å². The van der Waals surface area contributed by atoms with Crippen LogP contribution in [0.15, 0.2) is 38.4 Å². The average Bonchev–Trinajstić information content (AvgIpc) is 3.16. The van der Waals surface area contributed by atoms with Crippen molar-refractivity contribution in [3.05, 3.63) is 56.8 Å². The van der Waals surface area contributed by atoms with Gasteiger partial charge in [0, 0.05) is 20.1 Å². The number of amides is 1. The van der Waals surface area contributed by atoms with Crippen LogP contribution in [0.3, 0.4) is 0 Å². The minimum atomic E-state index is -0.757. The van der Waals surface area contributed by atoms with Crippen molar-refractivity contribution in [3.63, 3.8) is 0 Å². The molecule has 3 heterocycles. The van der Waals surface area contributed by atoms with E-state index in [2.05, 4.69) is 25.5 Å². The number of benzene rings is 1. The van der Waals surface area contributed by atoms with Gasteiger partial charge in [-0.05, 0) is 50.2 Å². The summed E-state index contributed by atoms with van der Waals surface area (Å²) < 4.78 is 20.0. The first-order chi connectivity index (χ1) is 15.9. The molecule has 0 radical (unpaired) electrons. The van der Waals surface area contributed by atoms with Crippen molar-refractivity contribution >= 4 is 5.91 Å². The molecule has 0 aliphatic carbocycles. The lowest BCUT2D eigenvalue weighted by atomic mass is 10.2. The molecule has 0 unspecified atom stereocenters. The summed E-state index contributed by atoms with van der Waals surface area (Å²) in [5.41, 5.74) is -1.53. The summed E-state index contributed by atoms with van der Waals surface area (Å²) in [4.78, 5) is 43.8. The molecule has 0 saturated carbocycles. The van der Waals surface area contributed by atoms with Gasteiger partial charge in [-0.15, -0.1) is 0 Å². The molecular weight excluding hydrogens is 433 g/mol. The molecule has 33 heavy (non-hydrogen) atoms. The Bertz CT molecular complexity index is 1240.